The van der Waals surface area contributed by atoms with Gasteiger partial charge in [0.1, 0.15) is 31.0 Å². The topological polar surface area (TPSA) is 59.0 Å². The lowest BCUT2D eigenvalue weighted by molar-refractivity contribution is -0.0898. The summed E-state index contributed by atoms with van der Waals surface area (Å²) in [6.45, 7) is 2.17. The van der Waals surface area contributed by atoms with Gasteiger partial charge in [-0.25, -0.2) is 4.98 Å². The molecule has 4 aromatic carbocycles. The lowest BCUT2D eigenvalue weighted by atomic mass is 10.0. The van der Waals surface area contributed by atoms with Gasteiger partial charge < -0.3 is 23.7 Å². The van der Waals surface area contributed by atoms with Gasteiger partial charge in [0.05, 0.1) is 26.4 Å². The monoisotopic (exact) mass is 587 g/mol. The summed E-state index contributed by atoms with van der Waals surface area (Å²) >= 11 is 0. The van der Waals surface area contributed by atoms with Crippen molar-refractivity contribution in [3.63, 3.8) is 0 Å². The average molecular weight is 588 g/mol. The van der Waals surface area contributed by atoms with Crippen LogP contribution in [-0.2, 0) is 45.4 Å². The van der Waals surface area contributed by atoms with Crippen molar-refractivity contribution in [3.05, 3.63) is 167 Å². The van der Waals surface area contributed by atoms with Gasteiger partial charge in [-0.15, -0.1) is 0 Å². The van der Waals surface area contributed by atoms with Gasteiger partial charge in [-0.1, -0.05) is 121 Å². The second-order valence-corrected chi connectivity index (χ2v) is 10.8. The fourth-order valence-corrected chi connectivity index (χ4v) is 5.29. The van der Waals surface area contributed by atoms with Crippen LogP contribution in [0.15, 0.2) is 140 Å². The van der Waals surface area contributed by atoms with Crippen molar-refractivity contribution in [1.82, 2.24) is 4.98 Å². The molecule has 0 saturated carbocycles. The molecule has 0 aliphatic carbocycles. The molecule has 44 heavy (non-hydrogen) atoms. The zero-order chi connectivity index (χ0) is 29.8. The number of hydrogen-bond acceptors (Lipinski definition) is 6. The van der Waals surface area contributed by atoms with Crippen LogP contribution in [-0.4, -0.2) is 29.9 Å². The first-order chi connectivity index (χ1) is 21.8. The van der Waals surface area contributed by atoms with Crippen LogP contribution in [0, 0.1) is 0 Å². The van der Waals surface area contributed by atoms with E-state index < -0.39 is 6.10 Å². The summed E-state index contributed by atoms with van der Waals surface area (Å²) in [4.78, 5) is 4.61. The Balaban J connectivity index is 1.21. The molecule has 224 valence electrons. The molecule has 1 aliphatic heterocycles. The Hall–Kier alpha value is -4.33. The van der Waals surface area contributed by atoms with Crippen LogP contribution >= 0.6 is 0 Å². The number of aromatic nitrogens is 1. The zero-order valence-corrected chi connectivity index (χ0v) is 24.6. The molecule has 1 aliphatic rings. The Labute approximate surface area is 259 Å². The summed E-state index contributed by atoms with van der Waals surface area (Å²) in [7, 11) is 0. The van der Waals surface area contributed by atoms with E-state index in [4.69, 9.17) is 23.7 Å². The molecule has 6 heteroatoms. The minimum atomic E-state index is -0.402. The minimum absolute atomic E-state index is 0.345. The van der Waals surface area contributed by atoms with Crippen LogP contribution in [0.3, 0.4) is 0 Å². The predicted molar refractivity (Wildman–Crippen MR) is 169 cm³/mol. The second kappa shape index (κ2) is 15.4. The molecule has 0 amide bonds. The molecule has 0 bridgehead atoms. The van der Waals surface area contributed by atoms with Gasteiger partial charge in [-0.2, -0.15) is 0 Å². The summed E-state index contributed by atoms with van der Waals surface area (Å²) in [5.41, 5.74) is 5.26. The number of rotatable bonds is 14. The Kier molecular flexibility index (Phi) is 10.4. The molecule has 2 heterocycles. The summed E-state index contributed by atoms with van der Waals surface area (Å²) in [5.74, 6) is 0.553. The van der Waals surface area contributed by atoms with Crippen molar-refractivity contribution < 1.29 is 23.7 Å². The standard InChI is InChI=1S/C38H37NO5/c1-5-13-29(14-6-1)24-40-28-34-37(42-26-31-17-9-3-10-18-31)38(43-27-32-19-11-4-12-20-32)36(44-34)33-21-22-35(39-23-33)41-25-30-15-7-2-8-16-30/h1-23,34,36-38H,24-28H2/t34-,36+,37?,38?/m1/s1. The Bertz CT molecular complexity index is 1520. The molecular formula is C38H37NO5. The maximum Gasteiger partial charge on any atom is 0.213 e. The Morgan fingerprint density at radius 1 is 0.523 bits per heavy atom. The van der Waals surface area contributed by atoms with Crippen molar-refractivity contribution in [2.45, 2.75) is 50.8 Å². The fourth-order valence-electron chi connectivity index (χ4n) is 5.29. The SMILES string of the molecule is c1ccc(COC[C@H]2O[C@@H](c3ccc(OCc4ccccc4)nc3)C(OCc3ccccc3)C2OCc2ccccc2)cc1. The Morgan fingerprint density at radius 3 is 1.55 bits per heavy atom. The molecule has 1 fully saturated rings. The van der Waals surface area contributed by atoms with Crippen LogP contribution in [0.1, 0.15) is 33.9 Å². The molecular weight excluding hydrogens is 550 g/mol. The number of hydrogen-bond donors (Lipinski definition) is 0. The summed E-state index contributed by atoms with van der Waals surface area (Å²) in [5, 5.41) is 0. The molecule has 5 aromatic rings. The maximum absolute atomic E-state index is 6.70. The number of ether oxygens (including phenoxy) is 5. The van der Waals surface area contributed by atoms with Crippen LogP contribution < -0.4 is 4.74 Å². The third kappa shape index (κ3) is 8.18. The first-order valence-electron chi connectivity index (χ1n) is 15.0. The van der Waals surface area contributed by atoms with E-state index in [-0.39, 0.29) is 18.3 Å². The molecule has 6 rings (SSSR count). The lowest BCUT2D eigenvalue weighted by Crippen LogP contribution is -2.37. The first kappa shape index (κ1) is 29.7. The lowest BCUT2D eigenvalue weighted by Gasteiger charge is -2.25. The van der Waals surface area contributed by atoms with Crippen molar-refractivity contribution >= 4 is 0 Å². The minimum Gasteiger partial charge on any atom is -0.473 e. The zero-order valence-electron chi connectivity index (χ0n) is 24.6. The summed E-state index contributed by atoms with van der Waals surface area (Å²) < 4.78 is 32.0. The van der Waals surface area contributed by atoms with Gasteiger partial charge >= 0.3 is 0 Å². The highest BCUT2D eigenvalue weighted by Gasteiger charge is 2.47. The van der Waals surface area contributed by atoms with Crippen LogP contribution in [0.2, 0.25) is 0 Å². The molecule has 4 atom stereocenters. The quantitative estimate of drug-likeness (QED) is 0.134. The van der Waals surface area contributed by atoms with Gasteiger partial charge in [0, 0.05) is 17.8 Å². The van der Waals surface area contributed by atoms with E-state index in [1.54, 1.807) is 0 Å². The molecule has 2 unspecified atom stereocenters. The van der Waals surface area contributed by atoms with Gasteiger partial charge in [0.2, 0.25) is 5.88 Å². The van der Waals surface area contributed by atoms with E-state index in [1.165, 1.54) is 0 Å². The van der Waals surface area contributed by atoms with E-state index >= 15 is 0 Å². The Morgan fingerprint density at radius 2 is 1.02 bits per heavy atom. The highest BCUT2D eigenvalue weighted by Crippen LogP contribution is 2.38. The van der Waals surface area contributed by atoms with Crippen molar-refractivity contribution in [3.8, 4) is 5.88 Å². The van der Waals surface area contributed by atoms with Crippen molar-refractivity contribution in [1.29, 1.82) is 0 Å². The van der Waals surface area contributed by atoms with E-state index in [9.17, 15) is 0 Å². The highest BCUT2D eigenvalue weighted by molar-refractivity contribution is 5.24. The predicted octanol–water partition coefficient (Wildman–Crippen LogP) is 7.49. The van der Waals surface area contributed by atoms with E-state index in [1.807, 2.05) is 103 Å². The molecule has 1 aromatic heterocycles. The number of pyridine rings is 1. The van der Waals surface area contributed by atoms with Gasteiger partial charge in [-0.3, -0.25) is 0 Å². The van der Waals surface area contributed by atoms with Crippen molar-refractivity contribution in [2.75, 3.05) is 6.61 Å². The second-order valence-electron chi connectivity index (χ2n) is 10.8. The maximum atomic E-state index is 6.70. The smallest absolute Gasteiger partial charge is 0.213 e. The summed E-state index contributed by atoms with van der Waals surface area (Å²) in [6, 6.07) is 44.4. The first-order valence-corrected chi connectivity index (χ1v) is 15.0. The normalized spacial score (nSPS) is 19.5. The third-order valence-corrected chi connectivity index (χ3v) is 7.59. The molecule has 0 radical (unpaired) electrons. The van der Waals surface area contributed by atoms with Crippen LogP contribution in [0.4, 0.5) is 0 Å². The molecule has 0 spiro atoms. The van der Waals surface area contributed by atoms with Crippen LogP contribution in [0.5, 0.6) is 5.88 Å². The van der Waals surface area contributed by atoms with E-state index in [0.717, 1.165) is 27.8 Å². The van der Waals surface area contributed by atoms with Crippen LogP contribution in [0.25, 0.3) is 0 Å². The third-order valence-electron chi connectivity index (χ3n) is 7.59. The van der Waals surface area contributed by atoms with E-state index in [2.05, 4.69) is 41.4 Å². The number of benzene rings is 4. The molecule has 1 saturated heterocycles. The fraction of sp³-hybridized carbons (Fsp3) is 0.237. The van der Waals surface area contributed by atoms with Crippen molar-refractivity contribution in [2.24, 2.45) is 0 Å². The van der Waals surface area contributed by atoms with Gasteiger partial charge in [-0.05, 0) is 28.3 Å². The highest BCUT2D eigenvalue weighted by atomic mass is 16.6. The van der Waals surface area contributed by atoms with E-state index in [0.29, 0.717) is 38.9 Å². The van der Waals surface area contributed by atoms with Gasteiger partial charge in [0.25, 0.3) is 0 Å². The average Bonchev–Trinajstić information content (AvgIpc) is 3.44. The molecule has 0 N–H and O–H groups in total. The van der Waals surface area contributed by atoms with Gasteiger partial charge in [0.15, 0.2) is 0 Å². The molecule has 6 nitrogen and oxygen atoms in total. The summed E-state index contributed by atoms with van der Waals surface area (Å²) in [6.07, 6.45) is 0.309. The largest absolute Gasteiger partial charge is 0.473 e. The number of nitrogens with zero attached hydrogens (tertiary/aromatic N) is 1.